The zero-order valence-electron chi connectivity index (χ0n) is 18.5. The summed E-state index contributed by atoms with van der Waals surface area (Å²) in [5.74, 6) is 0.749. The number of aryl methyl sites for hydroxylation is 2. The van der Waals surface area contributed by atoms with Crippen molar-refractivity contribution < 1.29 is 23.8 Å². The standard InChI is InChI=1S/C25H25NO5S/c1-5-29-25(28)22-16(4)21(12-17-7-9-19-20(11-17)31-13-30-19)32-24(22)26-23(27)18-8-6-14(2)15(3)10-18/h6-11H,5,12-13H2,1-4H3,(H,26,27). The quantitative estimate of drug-likeness (QED) is 0.507. The first kappa shape index (κ1) is 21.9. The summed E-state index contributed by atoms with van der Waals surface area (Å²) in [6, 6.07) is 11.4. The van der Waals surface area contributed by atoms with Gasteiger partial charge in [-0.05, 0) is 74.2 Å². The van der Waals surface area contributed by atoms with Gasteiger partial charge in [-0.1, -0.05) is 12.1 Å². The van der Waals surface area contributed by atoms with Crippen molar-refractivity contribution in [2.24, 2.45) is 0 Å². The van der Waals surface area contributed by atoms with E-state index < -0.39 is 5.97 Å². The monoisotopic (exact) mass is 451 g/mol. The van der Waals surface area contributed by atoms with Crippen LogP contribution < -0.4 is 14.8 Å². The third-order valence-electron chi connectivity index (χ3n) is 5.52. The number of amides is 1. The minimum Gasteiger partial charge on any atom is -0.462 e. The highest BCUT2D eigenvalue weighted by Crippen LogP contribution is 2.38. The largest absolute Gasteiger partial charge is 0.462 e. The fourth-order valence-electron chi connectivity index (χ4n) is 3.56. The van der Waals surface area contributed by atoms with Gasteiger partial charge in [-0.25, -0.2) is 4.79 Å². The van der Waals surface area contributed by atoms with Crippen molar-refractivity contribution in [3.8, 4) is 11.5 Å². The Morgan fingerprint density at radius 1 is 1.03 bits per heavy atom. The number of carbonyl (C=O) groups excluding carboxylic acids is 2. The number of rotatable bonds is 6. The van der Waals surface area contributed by atoms with Crippen LogP contribution in [0.2, 0.25) is 0 Å². The molecular weight excluding hydrogens is 426 g/mol. The molecule has 6 nitrogen and oxygen atoms in total. The maximum atomic E-state index is 12.9. The van der Waals surface area contributed by atoms with Crippen LogP contribution >= 0.6 is 11.3 Å². The lowest BCUT2D eigenvalue weighted by molar-refractivity contribution is 0.0527. The van der Waals surface area contributed by atoms with Crippen LogP contribution in [0.4, 0.5) is 5.00 Å². The first-order chi connectivity index (χ1) is 15.4. The number of carbonyl (C=O) groups is 2. The average molecular weight is 452 g/mol. The highest BCUT2D eigenvalue weighted by Gasteiger charge is 2.24. The van der Waals surface area contributed by atoms with Gasteiger partial charge in [0.2, 0.25) is 6.79 Å². The summed E-state index contributed by atoms with van der Waals surface area (Å²) in [6.07, 6.45) is 0.596. The molecule has 0 radical (unpaired) electrons. The lowest BCUT2D eigenvalue weighted by Crippen LogP contribution is -2.15. The molecule has 1 amide bonds. The molecule has 4 rings (SSSR count). The van der Waals surface area contributed by atoms with E-state index in [1.807, 2.05) is 51.1 Å². The van der Waals surface area contributed by atoms with Gasteiger partial charge in [0.1, 0.15) is 5.00 Å². The molecule has 0 fully saturated rings. The smallest absolute Gasteiger partial charge is 0.341 e. The van der Waals surface area contributed by atoms with E-state index in [1.165, 1.54) is 11.3 Å². The summed E-state index contributed by atoms with van der Waals surface area (Å²) in [5.41, 5.74) is 4.94. The molecular formula is C25H25NO5S. The molecule has 2 aromatic carbocycles. The van der Waals surface area contributed by atoms with E-state index in [4.69, 9.17) is 14.2 Å². The van der Waals surface area contributed by atoms with Crippen molar-refractivity contribution in [3.05, 3.63) is 74.7 Å². The number of nitrogens with one attached hydrogen (secondary N) is 1. The second kappa shape index (κ2) is 9.04. The van der Waals surface area contributed by atoms with Crippen molar-refractivity contribution in [3.63, 3.8) is 0 Å². The first-order valence-electron chi connectivity index (χ1n) is 10.4. The Hall–Kier alpha value is -3.32. The third kappa shape index (κ3) is 4.34. The predicted molar refractivity (Wildman–Crippen MR) is 124 cm³/mol. The molecule has 1 aliphatic heterocycles. The summed E-state index contributed by atoms with van der Waals surface area (Å²) in [7, 11) is 0. The number of anilines is 1. The van der Waals surface area contributed by atoms with E-state index in [1.54, 1.807) is 13.0 Å². The molecule has 166 valence electrons. The molecule has 2 heterocycles. The number of thiophene rings is 1. The van der Waals surface area contributed by atoms with E-state index in [-0.39, 0.29) is 19.3 Å². The second-order valence-corrected chi connectivity index (χ2v) is 8.80. The van der Waals surface area contributed by atoms with Crippen molar-refractivity contribution in [2.45, 2.75) is 34.1 Å². The zero-order valence-corrected chi connectivity index (χ0v) is 19.4. The number of hydrogen-bond donors (Lipinski definition) is 1. The van der Waals surface area contributed by atoms with Crippen molar-refractivity contribution in [1.29, 1.82) is 0 Å². The number of benzene rings is 2. The Morgan fingerprint density at radius 3 is 2.56 bits per heavy atom. The Morgan fingerprint density at radius 2 is 1.81 bits per heavy atom. The predicted octanol–water partition coefficient (Wildman–Crippen LogP) is 5.42. The summed E-state index contributed by atoms with van der Waals surface area (Å²) in [6.45, 7) is 8.10. The minimum absolute atomic E-state index is 0.221. The van der Waals surface area contributed by atoms with Gasteiger partial charge in [0.15, 0.2) is 11.5 Å². The Kier molecular flexibility index (Phi) is 6.19. The van der Waals surface area contributed by atoms with Crippen LogP contribution in [-0.2, 0) is 11.2 Å². The van der Waals surface area contributed by atoms with E-state index in [0.717, 1.165) is 32.9 Å². The Balaban J connectivity index is 1.65. The average Bonchev–Trinajstić information content (AvgIpc) is 3.34. The Bertz CT molecular complexity index is 1200. The van der Waals surface area contributed by atoms with E-state index in [0.29, 0.717) is 28.3 Å². The molecule has 1 aromatic heterocycles. The van der Waals surface area contributed by atoms with Crippen LogP contribution in [0, 0.1) is 20.8 Å². The topological polar surface area (TPSA) is 73.9 Å². The minimum atomic E-state index is -0.437. The van der Waals surface area contributed by atoms with Crippen LogP contribution in [0.15, 0.2) is 36.4 Å². The molecule has 1 aliphatic rings. The number of fused-ring (bicyclic) bond motifs is 1. The van der Waals surface area contributed by atoms with Gasteiger partial charge in [-0.15, -0.1) is 11.3 Å². The molecule has 0 bridgehead atoms. The second-order valence-electron chi connectivity index (χ2n) is 7.69. The van der Waals surface area contributed by atoms with Crippen molar-refractivity contribution in [2.75, 3.05) is 18.7 Å². The lowest BCUT2D eigenvalue weighted by Gasteiger charge is -2.08. The SMILES string of the molecule is CCOC(=O)c1c(NC(=O)c2ccc(C)c(C)c2)sc(Cc2ccc3c(c2)OCO3)c1C. The van der Waals surface area contributed by atoms with Gasteiger partial charge in [-0.3, -0.25) is 4.79 Å². The Labute approximate surface area is 191 Å². The summed E-state index contributed by atoms with van der Waals surface area (Å²) >= 11 is 1.39. The van der Waals surface area contributed by atoms with Gasteiger partial charge in [-0.2, -0.15) is 0 Å². The number of hydrogen-bond acceptors (Lipinski definition) is 6. The van der Waals surface area contributed by atoms with Crippen molar-refractivity contribution >= 4 is 28.2 Å². The first-order valence-corrected chi connectivity index (χ1v) is 11.3. The number of esters is 1. The van der Waals surface area contributed by atoms with Crippen LogP contribution in [0.1, 0.15) is 54.8 Å². The van der Waals surface area contributed by atoms with Crippen LogP contribution in [0.25, 0.3) is 0 Å². The fraction of sp³-hybridized carbons (Fsp3) is 0.280. The molecule has 7 heteroatoms. The molecule has 0 unspecified atom stereocenters. The van der Waals surface area contributed by atoms with Crippen LogP contribution in [0.5, 0.6) is 11.5 Å². The molecule has 0 saturated heterocycles. The van der Waals surface area contributed by atoms with Crippen LogP contribution in [-0.4, -0.2) is 25.3 Å². The van der Waals surface area contributed by atoms with Gasteiger partial charge < -0.3 is 19.5 Å². The maximum absolute atomic E-state index is 12.9. The summed E-state index contributed by atoms with van der Waals surface area (Å²) in [4.78, 5) is 26.6. The normalized spacial score (nSPS) is 12.0. The van der Waals surface area contributed by atoms with E-state index >= 15 is 0 Å². The molecule has 1 N–H and O–H groups in total. The molecule has 0 atom stereocenters. The maximum Gasteiger partial charge on any atom is 0.341 e. The number of ether oxygens (including phenoxy) is 3. The highest BCUT2D eigenvalue weighted by atomic mass is 32.1. The van der Waals surface area contributed by atoms with Gasteiger partial charge in [0, 0.05) is 16.9 Å². The van der Waals surface area contributed by atoms with Crippen molar-refractivity contribution in [1.82, 2.24) is 0 Å². The molecule has 0 aliphatic carbocycles. The summed E-state index contributed by atoms with van der Waals surface area (Å²) in [5, 5.41) is 3.44. The highest BCUT2D eigenvalue weighted by molar-refractivity contribution is 7.17. The summed E-state index contributed by atoms with van der Waals surface area (Å²) < 4.78 is 16.1. The molecule has 32 heavy (non-hydrogen) atoms. The fourth-order valence-corrected chi connectivity index (χ4v) is 4.78. The third-order valence-corrected chi connectivity index (χ3v) is 6.73. The molecule has 0 spiro atoms. The zero-order chi connectivity index (χ0) is 22.8. The van der Waals surface area contributed by atoms with Gasteiger partial charge in [0.25, 0.3) is 5.91 Å². The van der Waals surface area contributed by atoms with Gasteiger partial charge >= 0.3 is 5.97 Å². The van der Waals surface area contributed by atoms with Crippen LogP contribution in [0.3, 0.4) is 0 Å². The van der Waals surface area contributed by atoms with E-state index in [2.05, 4.69) is 5.32 Å². The molecule has 3 aromatic rings. The lowest BCUT2D eigenvalue weighted by atomic mass is 10.0. The van der Waals surface area contributed by atoms with E-state index in [9.17, 15) is 9.59 Å². The van der Waals surface area contributed by atoms with Gasteiger partial charge in [0.05, 0.1) is 12.2 Å². The molecule has 0 saturated carbocycles.